The van der Waals surface area contributed by atoms with Gasteiger partial charge in [0.25, 0.3) is 5.56 Å². The van der Waals surface area contributed by atoms with Crippen molar-refractivity contribution in [2.24, 2.45) is 0 Å². The Hall–Kier alpha value is -2.36. The smallest absolute Gasteiger partial charge is 0.341 e. The second-order valence-electron chi connectivity index (χ2n) is 4.19. The number of carbonyl (C=O) groups is 1. The van der Waals surface area contributed by atoms with Gasteiger partial charge in [0.15, 0.2) is 0 Å². The number of aromatic nitrogens is 1. The predicted octanol–water partition coefficient (Wildman–Crippen LogP) is 2.15. The molecule has 1 heterocycles. The molecule has 0 amide bonds. The summed E-state index contributed by atoms with van der Waals surface area (Å²) in [5, 5.41) is 9.06. The summed E-state index contributed by atoms with van der Waals surface area (Å²) in [7, 11) is 0. The van der Waals surface area contributed by atoms with Crippen molar-refractivity contribution in [2.75, 3.05) is 0 Å². The minimum absolute atomic E-state index is 0.181. The van der Waals surface area contributed by atoms with Crippen LogP contribution in [0.2, 0.25) is 0 Å². The van der Waals surface area contributed by atoms with Crippen molar-refractivity contribution in [2.45, 2.75) is 13.8 Å². The zero-order valence-corrected chi connectivity index (χ0v) is 10.2. The van der Waals surface area contributed by atoms with E-state index in [-0.39, 0.29) is 5.56 Å². The molecule has 0 saturated carbocycles. The SMILES string of the molecule is Cc1cccc(-n2ccc(C)c(C(=O)O)c2=O)c1. The maximum absolute atomic E-state index is 12.1. The van der Waals surface area contributed by atoms with Crippen LogP contribution in [0, 0.1) is 13.8 Å². The summed E-state index contributed by atoms with van der Waals surface area (Å²) in [4.78, 5) is 23.2. The molecule has 0 aliphatic carbocycles. The molecule has 4 heteroatoms. The highest BCUT2D eigenvalue weighted by Crippen LogP contribution is 2.10. The standard InChI is InChI=1S/C14H13NO3/c1-9-4-3-5-11(8-9)15-7-6-10(2)12(13(15)16)14(17)18/h3-8H,1-2H3,(H,17,18). The molecular weight excluding hydrogens is 230 g/mol. The normalized spacial score (nSPS) is 10.3. The molecule has 0 spiro atoms. The maximum Gasteiger partial charge on any atom is 0.341 e. The minimum Gasteiger partial charge on any atom is -0.477 e. The zero-order chi connectivity index (χ0) is 13.3. The first kappa shape index (κ1) is 12.1. The summed E-state index contributed by atoms with van der Waals surface area (Å²) in [5.74, 6) is -1.19. The topological polar surface area (TPSA) is 59.3 Å². The summed E-state index contributed by atoms with van der Waals surface area (Å²) in [5.41, 5.74) is 1.46. The highest BCUT2D eigenvalue weighted by molar-refractivity contribution is 5.88. The van der Waals surface area contributed by atoms with Gasteiger partial charge in [0.05, 0.1) is 0 Å². The molecule has 0 aliphatic heterocycles. The Morgan fingerprint density at radius 2 is 1.94 bits per heavy atom. The third-order valence-corrected chi connectivity index (χ3v) is 2.79. The molecule has 0 fully saturated rings. The van der Waals surface area contributed by atoms with E-state index in [1.807, 2.05) is 25.1 Å². The maximum atomic E-state index is 12.1. The van der Waals surface area contributed by atoms with E-state index in [0.717, 1.165) is 5.56 Å². The van der Waals surface area contributed by atoms with Crippen molar-refractivity contribution in [3.8, 4) is 5.69 Å². The molecule has 0 saturated heterocycles. The number of aryl methyl sites for hydroxylation is 2. The number of aromatic carboxylic acids is 1. The van der Waals surface area contributed by atoms with Gasteiger partial charge in [-0.05, 0) is 43.2 Å². The molecule has 2 aromatic rings. The molecule has 1 N–H and O–H groups in total. The molecule has 0 radical (unpaired) electrons. The monoisotopic (exact) mass is 243 g/mol. The van der Waals surface area contributed by atoms with Gasteiger partial charge in [-0.2, -0.15) is 0 Å². The third-order valence-electron chi connectivity index (χ3n) is 2.79. The van der Waals surface area contributed by atoms with Crippen molar-refractivity contribution in [3.63, 3.8) is 0 Å². The number of nitrogens with zero attached hydrogens (tertiary/aromatic N) is 1. The van der Waals surface area contributed by atoms with Gasteiger partial charge in [0, 0.05) is 11.9 Å². The molecule has 0 aliphatic rings. The second kappa shape index (κ2) is 4.49. The van der Waals surface area contributed by atoms with Gasteiger partial charge in [-0.3, -0.25) is 9.36 Å². The third kappa shape index (κ3) is 2.05. The molecule has 1 aromatic heterocycles. The average molecular weight is 243 g/mol. The van der Waals surface area contributed by atoms with Crippen molar-refractivity contribution in [1.29, 1.82) is 0 Å². The van der Waals surface area contributed by atoms with Crippen LogP contribution >= 0.6 is 0 Å². The zero-order valence-electron chi connectivity index (χ0n) is 10.2. The van der Waals surface area contributed by atoms with E-state index >= 15 is 0 Å². The highest BCUT2D eigenvalue weighted by Gasteiger charge is 2.14. The Balaban J connectivity index is 2.71. The second-order valence-corrected chi connectivity index (χ2v) is 4.19. The molecule has 1 aromatic carbocycles. The van der Waals surface area contributed by atoms with Gasteiger partial charge in [-0.1, -0.05) is 12.1 Å². The number of hydrogen-bond acceptors (Lipinski definition) is 2. The molecule has 92 valence electrons. The van der Waals surface area contributed by atoms with E-state index < -0.39 is 11.5 Å². The molecule has 2 rings (SSSR count). The summed E-state index contributed by atoms with van der Waals surface area (Å²) in [6, 6.07) is 8.99. The summed E-state index contributed by atoms with van der Waals surface area (Å²) >= 11 is 0. The van der Waals surface area contributed by atoms with Crippen LogP contribution in [0.5, 0.6) is 0 Å². The van der Waals surface area contributed by atoms with Gasteiger partial charge in [0.2, 0.25) is 0 Å². The summed E-state index contributed by atoms with van der Waals surface area (Å²) < 4.78 is 1.35. The summed E-state index contributed by atoms with van der Waals surface area (Å²) in [6.07, 6.45) is 1.60. The summed E-state index contributed by atoms with van der Waals surface area (Å²) in [6.45, 7) is 3.53. The van der Waals surface area contributed by atoms with E-state index in [1.165, 1.54) is 4.57 Å². The fourth-order valence-corrected chi connectivity index (χ4v) is 1.87. The lowest BCUT2D eigenvalue weighted by atomic mass is 10.1. The Kier molecular flexibility index (Phi) is 3.02. The Bertz CT molecular complexity index is 671. The fraction of sp³-hybridized carbons (Fsp3) is 0.143. The molecular formula is C14H13NO3. The van der Waals surface area contributed by atoms with Crippen LogP contribution in [0.4, 0.5) is 0 Å². The van der Waals surface area contributed by atoms with Gasteiger partial charge >= 0.3 is 5.97 Å². The first-order valence-electron chi connectivity index (χ1n) is 5.53. The van der Waals surface area contributed by atoms with Crippen molar-refractivity contribution < 1.29 is 9.90 Å². The highest BCUT2D eigenvalue weighted by atomic mass is 16.4. The van der Waals surface area contributed by atoms with Crippen LogP contribution in [0.25, 0.3) is 5.69 Å². The van der Waals surface area contributed by atoms with Gasteiger partial charge < -0.3 is 5.11 Å². The number of carboxylic acid groups (broad SMARTS) is 1. The van der Waals surface area contributed by atoms with E-state index in [1.54, 1.807) is 25.3 Å². The van der Waals surface area contributed by atoms with Crippen LogP contribution in [-0.4, -0.2) is 15.6 Å². The van der Waals surface area contributed by atoms with E-state index in [2.05, 4.69) is 0 Å². The molecule has 4 nitrogen and oxygen atoms in total. The van der Waals surface area contributed by atoms with Gasteiger partial charge in [-0.25, -0.2) is 4.79 Å². The van der Waals surface area contributed by atoms with Crippen LogP contribution in [0.1, 0.15) is 21.5 Å². The van der Waals surface area contributed by atoms with Crippen molar-refractivity contribution in [1.82, 2.24) is 4.57 Å². The Morgan fingerprint density at radius 1 is 1.22 bits per heavy atom. The van der Waals surface area contributed by atoms with Crippen LogP contribution < -0.4 is 5.56 Å². The lowest BCUT2D eigenvalue weighted by Gasteiger charge is -2.09. The first-order chi connectivity index (χ1) is 8.50. The van der Waals surface area contributed by atoms with Gasteiger partial charge in [0.1, 0.15) is 5.56 Å². The quantitative estimate of drug-likeness (QED) is 0.879. The van der Waals surface area contributed by atoms with Crippen molar-refractivity contribution >= 4 is 5.97 Å². The van der Waals surface area contributed by atoms with Crippen LogP contribution in [0.3, 0.4) is 0 Å². The Morgan fingerprint density at radius 3 is 2.56 bits per heavy atom. The minimum atomic E-state index is -1.19. The van der Waals surface area contributed by atoms with Gasteiger partial charge in [-0.15, -0.1) is 0 Å². The predicted molar refractivity (Wildman–Crippen MR) is 68.5 cm³/mol. The fourth-order valence-electron chi connectivity index (χ4n) is 1.87. The number of hydrogen-bond donors (Lipinski definition) is 1. The number of benzene rings is 1. The molecule has 0 bridgehead atoms. The van der Waals surface area contributed by atoms with E-state index in [4.69, 9.17) is 5.11 Å². The van der Waals surface area contributed by atoms with E-state index in [0.29, 0.717) is 11.3 Å². The number of pyridine rings is 1. The first-order valence-corrected chi connectivity index (χ1v) is 5.53. The lowest BCUT2D eigenvalue weighted by molar-refractivity contribution is 0.0694. The largest absolute Gasteiger partial charge is 0.477 e. The Labute approximate surface area is 104 Å². The van der Waals surface area contributed by atoms with Crippen LogP contribution in [-0.2, 0) is 0 Å². The van der Waals surface area contributed by atoms with Crippen molar-refractivity contribution in [3.05, 3.63) is 63.6 Å². The number of rotatable bonds is 2. The van der Waals surface area contributed by atoms with Crippen LogP contribution in [0.15, 0.2) is 41.3 Å². The number of carboxylic acids is 1. The molecule has 0 atom stereocenters. The average Bonchev–Trinajstić information content (AvgIpc) is 2.28. The molecule has 0 unspecified atom stereocenters. The van der Waals surface area contributed by atoms with E-state index in [9.17, 15) is 9.59 Å². The molecule has 18 heavy (non-hydrogen) atoms. The lowest BCUT2D eigenvalue weighted by Crippen LogP contribution is -2.26.